The van der Waals surface area contributed by atoms with Crippen molar-refractivity contribution >= 4 is 44.1 Å². The predicted molar refractivity (Wildman–Crippen MR) is 75.5 cm³/mol. The predicted octanol–water partition coefficient (Wildman–Crippen LogP) is 1.99. The van der Waals surface area contributed by atoms with Crippen LogP contribution < -0.4 is 4.90 Å². The zero-order valence-corrected chi connectivity index (χ0v) is 11.7. The number of fused-ring (bicyclic) bond motifs is 1. The number of halogens is 1. The van der Waals surface area contributed by atoms with Gasteiger partial charge in [-0.2, -0.15) is 0 Å². The number of rotatable bonds is 1. The van der Waals surface area contributed by atoms with Crippen LogP contribution in [0, 0.1) is 5.41 Å². The Morgan fingerprint density at radius 3 is 2.78 bits per heavy atom. The SMILES string of the molecule is N=C1S[C@@H]2CS(=O)(=O)C[C@@H]2N1c1ccccc1Cl. The molecule has 96 valence electrons. The van der Waals surface area contributed by atoms with E-state index in [9.17, 15) is 8.42 Å². The first kappa shape index (κ1) is 12.3. The summed E-state index contributed by atoms with van der Waals surface area (Å²) >= 11 is 7.46. The molecule has 2 aliphatic rings. The fourth-order valence-electron chi connectivity index (χ4n) is 2.44. The van der Waals surface area contributed by atoms with Crippen LogP contribution in [0.15, 0.2) is 24.3 Å². The van der Waals surface area contributed by atoms with Gasteiger partial charge in [0.25, 0.3) is 0 Å². The van der Waals surface area contributed by atoms with Crippen LogP contribution in [-0.4, -0.2) is 36.4 Å². The molecule has 2 atom stereocenters. The lowest BCUT2D eigenvalue weighted by Gasteiger charge is -2.24. The molecule has 7 heteroatoms. The number of benzene rings is 1. The van der Waals surface area contributed by atoms with E-state index in [1.165, 1.54) is 11.8 Å². The molecule has 1 aromatic rings. The molecule has 2 fully saturated rings. The number of amidine groups is 1. The van der Waals surface area contributed by atoms with Crippen molar-refractivity contribution in [1.82, 2.24) is 0 Å². The number of sulfone groups is 1. The molecule has 1 aromatic carbocycles. The first-order chi connectivity index (χ1) is 8.48. The van der Waals surface area contributed by atoms with E-state index in [1.807, 2.05) is 18.2 Å². The normalized spacial score (nSPS) is 29.6. The maximum absolute atomic E-state index is 11.7. The van der Waals surface area contributed by atoms with E-state index in [4.69, 9.17) is 17.0 Å². The molecule has 2 aliphatic heterocycles. The highest BCUT2D eigenvalue weighted by molar-refractivity contribution is 8.15. The molecular weight excluding hydrogens is 292 g/mol. The third kappa shape index (κ3) is 1.92. The summed E-state index contributed by atoms with van der Waals surface area (Å²) in [5.74, 6) is 0.268. The lowest BCUT2D eigenvalue weighted by molar-refractivity contribution is 0.601. The second kappa shape index (κ2) is 4.15. The highest BCUT2D eigenvalue weighted by atomic mass is 35.5. The Morgan fingerprint density at radius 2 is 2.06 bits per heavy atom. The third-order valence-corrected chi connectivity index (χ3v) is 6.65. The maximum Gasteiger partial charge on any atom is 0.161 e. The standard InChI is InChI=1S/C11H11ClN2O2S2/c12-7-3-1-2-4-8(7)14-9-5-18(15,16)6-10(9)17-11(14)13/h1-4,9-10,13H,5-6H2/t9-,10+/m0/s1. The minimum absolute atomic E-state index is 0.0428. The minimum Gasteiger partial charge on any atom is -0.315 e. The van der Waals surface area contributed by atoms with Gasteiger partial charge >= 0.3 is 0 Å². The van der Waals surface area contributed by atoms with Gasteiger partial charge in [0, 0.05) is 5.25 Å². The fourth-order valence-corrected chi connectivity index (χ4v) is 6.45. The highest BCUT2D eigenvalue weighted by Crippen LogP contribution is 2.42. The topological polar surface area (TPSA) is 61.2 Å². The Balaban J connectivity index is 2.02. The van der Waals surface area contributed by atoms with Crippen molar-refractivity contribution in [2.75, 3.05) is 16.4 Å². The molecule has 4 nitrogen and oxygen atoms in total. The van der Waals surface area contributed by atoms with Crippen LogP contribution in [0.25, 0.3) is 0 Å². The number of para-hydroxylation sites is 1. The fraction of sp³-hybridized carbons (Fsp3) is 0.364. The third-order valence-electron chi connectivity index (χ3n) is 3.20. The molecule has 18 heavy (non-hydrogen) atoms. The van der Waals surface area contributed by atoms with Gasteiger partial charge in [-0.15, -0.1) is 0 Å². The van der Waals surface area contributed by atoms with E-state index in [1.54, 1.807) is 11.0 Å². The van der Waals surface area contributed by atoms with Gasteiger partial charge in [-0.1, -0.05) is 35.5 Å². The Morgan fingerprint density at radius 1 is 1.33 bits per heavy atom. The summed E-state index contributed by atoms with van der Waals surface area (Å²) in [7, 11) is -2.98. The Hall–Kier alpha value is -0.720. The van der Waals surface area contributed by atoms with Crippen molar-refractivity contribution in [2.45, 2.75) is 11.3 Å². The number of nitrogens with zero attached hydrogens (tertiary/aromatic N) is 1. The van der Waals surface area contributed by atoms with Crippen LogP contribution in [-0.2, 0) is 9.84 Å². The molecule has 0 spiro atoms. The number of thioether (sulfide) groups is 1. The van der Waals surface area contributed by atoms with E-state index in [0.717, 1.165) is 5.69 Å². The highest BCUT2D eigenvalue weighted by Gasteiger charge is 2.48. The summed E-state index contributed by atoms with van der Waals surface area (Å²) in [6.45, 7) is 0. The van der Waals surface area contributed by atoms with Crippen molar-refractivity contribution < 1.29 is 8.42 Å². The van der Waals surface area contributed by atoms with E-state index in [2.05, 4.69) is 0 Å². The van der Waals surface area contributed by atoms with Gasteiger partial charge in [0.1, 0.15) is 0 Å². The molecule has 0 aliphatic carbocycles. The number of nitrogens with one attached hydrogen (secondary N) is 1. The Kier molecular flexibility index (Phi) is 2.84. The number of anilines is 1. The van der Waals surface area contributed by atoms with E-state index in [0.29, 0.717) is 10.2 Å². The van der Waals surface area contributed by atoms with Crippen LogP contribution in [0.2, 0.25) is 5.02 Å². The summed E-state index contributed by atoms with van der Waals surface area (Å²) in [6.07, 6.45) is 0. The molecule has 2 heterocycles. The molecule has 0 aromatic heterocycles. The van der Waals surface area contributed by atoms with E-state index < -0.39 is 9.84 Å². The van der Waals surface area contributed by atoms with Crippen LogP contribution in [0.5, 0.6) is 0 Å². The van der Waals surface area contributed by atoms with Gasteiger partial charge in [-0.25, -0.2) is 8.42 Å². The van der Waals surface area contributed by atoms with Crippen molar-refractivity contribution in [1.29, 1.82) is 5.41 Å². The van der Waals surface area contributed by atoms with Crippen LogP contribution >= 0.6 is 23.4 Å². The molecule has 0 bridgehead atoms. The number of hydrogen-bond donors (Lipinski definition) is 1. The lowest BCUT2D eigenvalue weighted by atomic mass is 10.2. The van der Waals surface area contributed by atoms with Gasteiger partial charge < -0.3 is 4.90 Å². The molecule has 1 N–H and O–H groups in total. The average molecular weight is 303 g/mol. The van der Waals surface area contributed by atoms with Gasteiger partial charge in [-0.3, -0.25) is 5.41 Å². The van der Waals surface area contributed by atoms with Crippen molar-refractivity contribution in [2.24, 2.45) is 0 Å². The quantitative estimate of drug-likeness (QED) is 0.862. The van der Waals surface area contributed by atoms with Crippen LogP contribution in [0.1, 0.15) is 0 Å². The summed E-state index contributed by atoms with van der Waals surface area (Å²) in [6, 6.07) is 7.08. The smallest absolute Gasteiger partial charge is 0.161 e. The second-order valence-electron chi connectivity index (χ2n) is 4.43. The summed E-state index contributed by atoms with van der Waals surface area (Å²) in [5.41, 5.74) is 0.723. The first-order valence-electron chi connectivity index (χ1n) is 5.47. The zero-order chi connectivity index (χ0) is 12.9. The molecule has 2 saturated heterocycles. The minimum atomic E-state index is -2.98. The van der Waals surface area contributed by atoms with Gasteiger partial charge in [0.05, 0.1) is 28.3 Å². The molecule has 0 amide bonds. The monoisotopic (exact) mass is 302 g/mol. The molecule has 0 radical (unpaired) electrons. The van der Waals surface area contributed by atoms with Crippen molar-refractivity contribution in [3.05, 3.63) is 29.3 Å². The van der Waals surface area contributed by atoms with Crippen LogP contribution in [0.4, 0.5) is 5.69 Å². The number of hydrogen-bond acceptors (Lipinski definition) is 4. The zero-order valence-electron chi connectivity index (χ0n) is 9.34. The summed E-state index contributed by atoms with van der Waals surface area (Å²) < 4.78 is 23.3. The summed E-state index contributed by atoms with van der Waals surface area (Å²) in [5, 5.41) is 8.89. The largest absolute Gasteiger partial charge is 0.315 e. The van der Waals surface area contributed by atoms with Crippen molar-refractivity contribution in [3.63, 3.8) is 0 Å². The lowest BCUT2D eigenvalue weighted by Crippen LogP contribution is -2.37. The average Bonchev–Trinajstić information content (AvgIpc) is 2.70. The van der Waals surface area contributed by atoms with E-state index >= 15 is 0 Å². The van der Waals surface area contributed by atoms with Crippen molar-refractivity contribution in [3.8, 4) is 0 Å². The Labute approximate surface area is 115 Å². The summed E-state index contributed by atoms with van der Waals surface area (Å²) in [4.78, 5) is 1.75. The second-order valence-corrected chi connectivity index (χ2v) is 8.22. The first-order valence-corrected chi connectivity index (χ1v) is 8.55. The molecule has 0 unspecified atom stereocenters. The molecule has 0 saturated carbocycles. The Bertz CT molecular complexity index is 617. The van der Waals surface area contributed by atoms with Crippen LogP contribution in [0.3, 0.4) is 0 Å². The molecule has 3 rings (SSSR count). The van der Waals surface area contributed by atoms with E-state index in [-0.39, 0.29) is 22.8 Å². The molecular formula is C11H11ClN2O2S2. The van der Waals surface area contributed by atoms with Gasteiger partial charge in [-0.05, 0) is 12.1 Å². The van der Waals surface area contributed by atoms with Gasteiger partial charge in [0.2, 0.25) is 0 Å². The maximum atomic E-state index is 11.7. The van der Waals surface area contributed by atoms with Gasteiger partial charge in [0.15, 0.2) is 15.0 Å².